The zero-order valence-corrected chi connectivity index (χ0v) is 24.5. The highest BCUT2D eigenvalue weighted by Gasteiger charge is 2.36. The minimum atomic E-state index is -0.825. The molecule has 1 fully saturated rings. The van der Waals surface area contributed by atoms with Crippen LogP contribution in [0.2, 0.25) is 5.02 Å². The number of hydrogen-bond donors (Lipinski definition) is 1. The first-order valence-corrected chi connectivity index (χ1v) is 14.3. The van der Waals surface area contributed by atoms with Crippen LogP contribution in [0.25, 0.3) is 16.8 Å². The number of anilines is 1. The summed E-state index contributed by atoms with van der Waals surface area (Å²) in [4.78, 5) is 39.6. The third kappa shape index (κ3) is 6.04. The normalized spacial score (nSPS) is 14.2. The van der Waals surface area contributed by atoms with Crippen molar-refractivity contribution in [2.24, 2.45) is 0 Å². The number of fused-ring (bicyclic) bond motifs is 1. The average molecular weight is 603 g/mol. The molecule has 5 aromatic rings. The minimum Gasteiger partial charge on any atom is -0.489 e. The summed E-state index contributed by atoms with van der Waals surface area (Å²) in [5.41, 5.74) is 3.83. The lowest BCUT2D eigenvalue weighted by Gasteiger charge is -2.26. The maximum atomic E-state index is 13.4. The molecule has 44 heavy (non-hydrogen) atoms. The van der Waals surface area contributed by atoms with E-state index in [9.17, 15) is 14.4 Å². The van der Waals surface area contributed by atoms with Crippen molar-refractivity contribution < 1.29 is 23.9 Å². The monoisotopic (exact) mass is 602 g/mol. The number of halogens is 1. The second-order valence-electron chi connectivity index (χ2n) is 10.3. The Morgan fingerprint density at radius 3 is 2.16 bits per heavy atom. The van der Waals surface area contributed by atoms with E-state index in [0.717, 1.165) is 32.4 Å². The lowest BCUT2D eigenvalue weighted by molar-refractivity contribution is -0.122. The van der Waals surface area contributed by atoms with Gasteiger partial charge in [0.05, 0.1) is 5.69 Å². The van der Waals surface area contributed by atoms with Crippen LogP contribution < -0.4 is 19.7 Å². The smallest absolute Gasteiger partial charge is 0.335 e. The first-order chi connectivity index (χ1) is 21.4. The Hall–Kier alpha value is -5.40. The predicted molar refractivity (Wildman–Crippen MR) is 171 cm³/mol. The van der Waals surface area contributed by atoms with E-state index in [0.29, 0.717) is 34.4 Å². The first-order valence-electron chi connectivity index (χ1n) is 14.0. The van der Waals surface area contributed by atoms with Gasteiger partial charge in [0.2, 0.25) is 0 Å². The molecule has 0 aliphatic carbocycles. The first kappa shape index (κ1) is 28.7. The molecule has 0 aromatic heterocycles. The van der Waals surface area contributed by atoms with E-state index in [1.165, 1.54) is 6.08 Å². The van der Waals surface area contributed by atoms with E-state index >= 15 is 0 Å². The number of amides is 4. The number of carbonyl (C=O) groups excluding carboxylic acids is 3. The highest BCUT2D eigenvalue weighted by molar-refractivity contribution is 6.39. The minimum absolute atomic E-state index is 0.163. The number of imide groups is 2. The van der Waals surface area contributed by atoms with Crippen LogP contribution in [-0.2, 0) is 22.8 Å². The molecule has 1 saturated heterocycles. The maximum Gasteiger partial charge on any atom is 0.335 e. The summed E-state index contributed by atoms with van der Waals surface area (Å²) in [7, 11) is 0. The molecule has 0 radical (unpaired) electrons. The Labute approximate surface area is 259 Å². The third-order valence-corrected chi connectivity index (χ3v) is 7.77. The Bertz CT molecular complexity index is 1920. The number of ether oxygens (including phenoxy) is 2. The van der Waals surface area contributed by atoms with E-state index in [1.54, 1.807) is 54.6 Å². The van der Waals surface area contributed by atoms with Crippen LogP contribution in [0.4, 0.5) is 10.5 Å². The second kappa shape index (κ2) is 12.5. The van der Waals surface area contributed by atoms with Crippen molar-refractivity contribution in [1.82, 2.24) is 5.32 Å². The Morgan fingerprint density at radius 2 is 1.41 bits per heavy atom. The van der Waals surface area contributed by atoms with E-state index in [-0.39, 0.29) is 12.2 Å². The van der Waals surface area contributed by atoms with Crippen LogP contribution in [0.1, 0.15) is 22.3 Å². The number of rotatable bonds is 8. The highest BCUT2D eigenvalue weighted by Crippen LogP contribution is 2.27. The Morgan fingerprint density at radius 1 is 0.750 bits per heavy atom. The largest absolute Gasteiger partial charge is 0.489 e. The quantitative estimate of drug-likeness (QED) is 0.146. The number of barbiturate groups is 1. The van der Waals surface area contributed by atoms with Crippen LogP contribution in [0, 0.1) is 6.92 Å². The summed E-state index contributed by atoms with van der Waals surface area (Å²) < 4.78 is 11.9. The SMILES string of the molecule is Cc1ccc2ccccc2c1COc1ccc(/C=C2\C(=O)NC(=O)N(c3ccc(OCc4ccccc4Cl)cc3)C2=O)cc1. The molecule has 0 bridgehead atoms. The summed E-state index contributed by atoms with van der Waals surface area (Å²) in [6.07, 6.45) is 1.46. The Kier molecular flexibility index (Phi) is 8.12. The molecule has 1 aliphatic heterocycles. The molecule has 8 heteroatoms. The van der Waals surface area contributed by atoms with Gasteiger partial charge in [-0.25, -0.2) is 9.69 Å². The number of urea groups is 1. The van der Waals surface area contributed by atoms with Gasteiger partial charge in [-0.05, 0) is 77.4 Å². The lowest BCUT2D eigenvalue weighted by Crippen LogP contribution is -2.54. The molecule has 5 aromatic carbocycles. The van der Waals surface area contributed by atoms with Crippen LogP contribution in [0.15, 0.2) is 115 Å². The molecule has 0 saturated carbocycles. The summed E-state index contributed by atoms with van der Waals surface area (Å²) in [6.45, 7) is 2.72. The fourth-order valence-electron chi connectivity index (χ4n) is 4.98. The number of carbonyl (C=O) groups is 3. The molecule has 0 unspecified atom stereocenters. The summed E-state index contributed by atoms with van der Waals surface area (Å²) in [6, 6.07) is 32.4. The van der Waals surface area contributed by atoms with Crippen molar-refractivity contribution in [2.45, 2.75) is 20.1 Å². The molecular formula is C36H27ClN2O5. The molecule has 1 heterocycles. The van der Waals surface area contributed by atoms with Gasteiger partial charge in [-0.3, -0.25) is 14.9 Å². The molecule has 0 spiro atoms. The molecule has 218 valence electrons. The summed E-state index contributed by atoms with van der Waals surface area (Å²) >= 11 is 6.19. The van der Waals surface area contributed by atoms with E-state index in [4.69, 9.17) is 21.1 Å². The van der Waals surface area contributed by atoms with Gasteiger partial charge in [-0.2, -0.15) is 0 Å². The second-order valence-corrected chi connectivity index (χ2v) is 10.7. The lowest BCUT2D eigenvalue weighted by atomic mass is 10.0. The van der Waals surface area contributed by atoms with Gasteiger partial charge in [-0.1, -0.05) is 78.3 Å². The average Bonchev–Trinajstić information content (AvgIpc) is 3.03. The molecule has 1 N–H and O–H groups in total. The van der Waals surface area contributed by atoms with Gasteiger partial charge in [0, 0.05) is 16.1 Å². The van der Waals surface area contributed by atoms with Crippen molar-refractivity contribution in [3.8, 4) is 11.5 Å². The van der Waals surface area contributed by atoms with Gasteiger partial charge >= 0.3 is 6.03 Å². The highest BCUT2D eigenvalue weighted by atomic mass is 35.5. The molecule has 6 rings (SSSR count). The molecule has 4 amide bonds. The summed E-state index contributed by atoms with van der Waals surface area (Å²) in [5, 5.41) is 5.15. The third-order valence-electron chi connectivity index (χ3n) is 7.40. The maximum absolute atomic E-state index is 13.4. The van der Waals surface area contributed by atoms with E-state index in [2.05, 4.69) is 36.5 Å². The number of aryl methyl sites for hydroxylation is 1. The van der Waals surface area contributed by atoms with Gasteiger partial charge < -0.3 is 9.47 Å². The standard InChI is InChI=1S/C36H27ClN2O5/c1-23-10-13-25-6-2-4-8-30(25)32(23)22-44-28-16-11-24(12-17-28)20-31-34(40)38-36(42)39(35(31)41)27-14-18-29(19-15-27)43-21-26-7-3-5-9-33(26)37/h2-20H,21-22H2,1H3,(H,38,40,42)/b31-20+. The zero-order valence-electron chi connectivity index (χ0n) is 23.8. The Balaban J connectivity index is 1.14. The number of nitrogens with zero attached hydrogens (tertiary/aromatic N) is 1. The molecule has 1 aliphatic rings. The van der Waals surface area contributed by atoms with Crippen LogP contribution in [0.3, 0.4) is 0 Å². The van der Waals surface area contributed by atoms with Crippen molar-refractivity contribution in [3.05, 3.63) is 142 Å². The number of nitrogens with one attached hydrogen (secondary N) is 1. The van der Waals surface area contributed by atoms with Crippen LogP contribution >= 0.6 is 11.6 Å². The van der Waals surface area contributed by atoms with Crippen LogP contribution in [-0.4, -0.2) is 17.8 Å². The predicted octanol–water partition coefficient (Wildman–Crippen LogP) is 7.63. The van der Waals surface area contributed by atoms with Gasteiger partial charge in [0.1, 0.15) is 30.3 Å². The van der Waals surface area contributed by atoms with Crippen molar-refractivity contribution >= 4 is 52.0 Å². The fourth-order valence-corrected chi connectivity index (χ4v) is 5.17. The van der Waals surface area contributed by atoms with E-state index in [1.807, 2.05) is 30.3 Å². The van der Waals surface area contributed by atoms with E-state index < -0.39 is 17.8 Å². The van der Waals surface area contributed by atoms with Gasteiger partial charge in [0.15, 0.2) is 0 Å². The summed E-state index contributed by atoms with van der Waals surface area (Å²) in [5.74, 6) is -0.311. The molecular weight excluding hydrogens is 576 g/mol. The van der Waals surface area contributed by atoms with Crippen LogP contribution in [0.5, 0.6) is 11.5 Å². The van der Waals surface area contributed by atoms with Crippen molar-refractivity contribution in [1.29, 1.82) is 0 Å². The van der Waals surface area contributed by atoms with Gasteiger partial charge in [-0.15, -0.1) is 0 Å². The number of benzene rings is 5. The van der Waals surface area contributed by atoms with Gasteiger partial charge in [0.25, 0.3) is 11.8 Å². The van der Waals surface area contributed by atoms with Crippen molar-refractivity contribution in [3.63, 3.8) is 0 Å². The zero-order chi connectivity index (χ0) is 30.6. The molecule has 0 atom stereocenters. The topological polar surface area (TPSA) is 84.9 Å². The number of hydrogen-bond acceptors (Lipinski definition) is 5. The van der Waals surface area contributed by atoms with Crippen molar-refractivity contribution in [2.75, 3.05) is 4.90 Å². The molecule has 7 nitrogen and oxygen atoms in total. The fraction of sp³-hybridized carbons (Fsp3) is 0.0833.